The highest BCUT2D eigenvalue weighted by Crippen LogP contribution is 2.49. The molecule has 0 radical (unpaired) electrons. The number of nitrogens with zero attached hydrogens (tertiary/aromatic N) is 3. The van der Waals surface area contributed by atoms with Crippen LogP contribution in [-0.2, 0) is 5.41 Å². The van der Waals surface area contributed by atoms with Crippen LogP contribution in [-0.4, -0.2) is 14.5 Å². The number of hydrogen-bond acceptors (Lipinski definition) is 2. The van der Waals surface area contributed by atoms with Crippen LogP contribution >= 0.6 is 0 Å². The lowest BCUT2D eigenvalue weighted by Gasteiger charge is -2.25. The van der Waals surface area contributed by atoms with Gasteiger partial charge < -0.3 is 0 Å². The number of hydrogen-bond donors (Lipinski definition) is 0. The molecule has 0 amide bonds. The second-order valence-electron chi connectivity index (χ2n) is 13.9. The molecule has 0 fully saturated rings. The molecule has 0 saturated heterocycles. The Balaban J connectivity index is 1.32. The Labute approximate surface area is 278 Å². The van der Waals surface area contributed by atoms with Gasteiger partial charge in [-0.25, -0.2) is 9.97 Å². The highest BCUT2D eigenvalue weighted by Gasteiger charge is 2.39. The van der Waals surface area contributed by atoms with E-state index in [4.69, 9.17) is 9.97 Å². The average Bonchev–Trinajstić information content (AvgIpc) is 3.53. The van der Waals surface area contributed by atoms with E-state index in [0.29, 0.717) is 5.95 Å². The quantitative estimate of drug-likeness (QED) is 0.181. The Bertz CT molecular complexity index is 2850. The van der Waals surface area contributed by atoms with Crippen LogP contribution in [0.4, 0.5) is 0 Å². The minimum Gasteiger partial charge on any atom is -0.278 e. The van der Waals surface area contributed by atoms with Crippen molar-refractivity contribution in [2.75, 3.05) is 0 Å². The second-order valence-corrected chi connectivity index (χ2v) is 13.9. The van der Waals surface area contributed by atoms with E-state index >= 15 is 0 Å². The van der Waals surface area contributed by atoms with E-state index in [9.17, 15) is 0 Å². The summed E-state index contributed by atoms with van der Waals surface area (Å²) in [5, 5.41) is 12.5. The van der Waals surface area contributed by atoms with E-state index in [0.717, 1.165) is 28.0 Å². The number of allylic oxidation sites excluding steroid dienone is 2. The van der Waals surface area contributed by atoms with E-state index in [-0.39, 0.29) is 5.41 Å². The number of aromatic nitrogens is 3. The highest BCUT2D eigenvalue weighted by atomic mass is 15.2. The third-order valence-electron chi connectivity index (χ3n) is 11.1. The Hall–Kier alpha value is -5.80. The summed E-state index contributed by atoms with van der Waals surface area (Å²) in [4.78, 5) is 11.0. The molecule has 3 nitrogen and oxygen atoms in total. The standard InChI is InChI=1S/C45H33N3/c1-26-27(2)45(3,4)41-42(26)46-44(48-39-20-12-11-19-36(39)38-23-28-13-5-6-14-29(28)25-40(38)48)47-43(41)30-21-22-35-33-17-8-7-15-31(33)32-16-9-10-18-34(32)37(35)24-30/h5-25H,1-4H3. The molecule has 0 spiro atoms. The zero-order valence-corrected chi connectivity index (χ0v) is 27.5. The van der Waals surface area contributed by atoms with Gasteiger partial charge in [0.05, 0.1) is 22.4 Å². The molecule has 0 atom stereocenters. The van der Waals surface area contributed by atoms with E-state index in [1.165, 1.54) is 70.6 Å². The molecule has 9 aromatic rings. The van der Waals surface area contributed by atoms with E-state index in [1.807, 2.05) is 0 Å². The minimum absolute atomic E-state index is 0.204. The molecule has 2 heterocycles. The summed E-state index contributed by atoms with van der Waals surface area (Å²) in [6, 6.07) is 46.4. The van der Waals surface area contributed by atoms with Crippen LogP contribution < -0.4 is 0 Å². The van der Waals surface area contributed by atoms with Gasteiger partial charge in [0.25, 0.3) is 0 Å². The van der Waals surface area contributed by atoms with Gasteiger partial charge in [-0.1, -0.05) is 123 Å². The molecule has 48 heavy (non-hydrogen) atoms. The second kappa shape index (κ2) is 9.62. The maximum atomic E-state index is 5.58. The monoisotopic (exact) mass is 615 g/mol. The Morgan fingerprint density at radius 3 is 1.71 bits per heavy atom. The average molecular weight is 616 g/mol. The number of para-hydroxylation sites is 1. The molecule has 1 aliphatic rings. The molecule has 3 heteroatoms. The molecule has 0 unspecified atom stereocenters. The Morgan fingerprint density at radius 1 is 0.479 bits per heavy atom. The lowest BCUT2D eigenvalue weighted by molar-refractivity contribution is 0.634. The zero-order chi connectivity index (χ0) is 32.3. The molecule has 0 saturated carbocycles. The van der Waals surface area contributed by atoms with Crippen LogP contribution in [0.1, 0.15) is 39.0 Å². The van der Waals surface area contributed by atoms with Crippen molar-refractivity contribution in [3.05, 3.63) is 144 Å². The topological polar surface area (TPSA) is 30.7 Å². The van der Waals surface area contributed by atoms with Crippen LogP contribution in [0.2, 0.25) is 0 Å². The van der Waals surface area contributed by atoms with Crippen molar-refractivity contribution in [2.45, 2.75) is 33.1 Å². The molecular formula is C45H33N3. The molecule has 10 rings (SSSR count). The predicted molar refractivity (Wildman–Crippen MR) is 203 cm³/mol. The smallest absolute Gasteiger partial charge is 0.235 e. The van der Waals surface area contributed by atoms with Crippen LogP contribution in [0.25, 0.3) is 87.7 Å². The zero-order valence-electron chi connectivity index (χ0n) is 27.5. The lowest BCUT2D eigenvalue weighted by Crippen LogP contribution is -2.19. The van der Waals surface area contributed by atoms with Gasteiger partial charge in [0.15, 0.2) is 0 Å². The number of fused-ring (bicyclic) bond motifs is 11. The van der Waals surface area contributed by atoms with Crippen molar-refractivity contribution in [1.82, 2.24) is 14.5 Å². The largest absolute Gasteiger partial charge is 0.278 e. The number of benzene rings is 7. The van der Waals surface area contributed by atoms with Gasteiger partial charge in [0, 0.05) is 27.3 Å². The summed E-state index contributed by atoms with van der Waals surface area (Å²) in [5.41, 5.74) is 8.98. The van der Waals surface area contributed by atoms with Crippen LogP contribution in [0.3, 0.4) is 0 Å². The van der Waals surface area contributed by atoms with E-state index in [1.54, 1.807) is 0 Å². The van der Waals surface area contributed by atoms with Crippen LogP contribution in [0.15, 0.2) is 133 Å². The van der Waals surface area contributed by atoms with Crippen molar-refractivity contribution in [3.8, 4) is 17.2 Å². The summed E-state index contributed by atoms with van der Waals surface area (Å²) in [5.74, 6) is 0.707. The summed E-state index contributed by atoms with van der Waals surface area (Å²) < 4.78 is 2.28. The normalized spacial score (nSPS) is 14.3. The van der Waals surface area contributed by atoms with Crippen molar-refractivity contribution in [2.24, 2.45) is 0 Å². The maximum Gasteiger partial charge on any atom is 0.235 e. The van der Waals surface area contributed by atoms with E-state index in [2.05, 4.69) is 160 Å². The Kier molecular flexibility index (Phi) is 5.48. The first-order valence-electron chi connectivity index (χ1n) is 16.8. The third kappa shape index (κ3) is 3.59. The van der Waals surface area contributed by atoms with Gasteiger partial charge in [-0.05, 0) is 86.8 Å². The SMILES string of the molecule is CC1=C(C)C(C)(C)c2c1nc(-n1c3ccccc3c3cc4ccccc4cc31)nc2-c1ccc2c3ccccc3c3ccccc3c2c1. The minimum atomic E-state index is -0.204. The lowest BCUT2D eigenvalue weighted by atomic mass is 9.80. The first kappa shape index (κ1) is 27.3. The third-order valence-corrected chi connectivity index (χ3v) is 11.1. The predicted octanol–water partition coefficient (Wildman–Crippen LogP) is 11.9. The molecule has 0 N–H and O–H groups in total. The van der Waals surface area contributed by atoms with Crippen molar-refractivity contribution < 1.29 is 0 Å². The van der Waals surface area contributed by atoms with Crippen LogP contribution in [0, 0.1) is 0 Å². The van der Waals surface area contributed by atoms with Gasteiger partial charge >= 0.3 is 0 Å². The molecule has 228 valence electrons. The first-order chi connectivity index (χ1) is 23.4. The summed E-state index contributed by atoms with van der Waals surface area (Å²) in [6.07, 6.45) is 0. The first-order valence-corrected chi connectivity index (χ1v) is 16.8. The fourth-order valence-corrected chi connectivity index (χ4v) is 8.38. The van der Waals surface area contributed by atoms with Gasteiger partial charge in [-0.2, -0.15) is 0 Å². The fraction of sp³-hybridized carbons (Fsp3) is 0.111. The highest BCUT2D eigenvalue weighted by molar-refractivity contribution is 6.25. The van der Waals surface area contributed by atoms with Gasteiger partial charge in [0.2, 0.25) is 5.95 Å². The van der Waals surface area contributed by atoms with Gasteiger partial charge in [-0.15, -0.1) is 0 Å². The Morgan fingerprint density at radius 2 is 1.02 bits per heavy atom. The molecule has 2 aromatic heterocycles. The van der Waals surface area contributed by atoms with Crippen LogP contribution in [0.5, 0.6) is 0 Å². The molecule has 0 aliphatic heterocycles. The van der Waals surface area contributed by atoms with Gasteiger partial charge in [0.1, 0.15) is 0 Å². The molecule has 1 aliphatic carbocycles. The van der Waals surface area contributed by atoms with Gasteiger partial charge in [-0.3, -0.25) is 4.57 Å². The fourth-order valence-electron chi connectivity index (χ4n) is 8.38. The summed E-state index contributed by atoms with van der Waals surface area (Å²) in [7, 11) is 0. The summed E-state index contributed by atoms with van der Waals surface area (Å²) in [6.45, 7) is 9.12. The summed E-state index contributed by atoms with van der Waals surface area (Å²) >= 11 is 0. The molecular weight excluding hydrogens is 583 g/mol. The van der Waals surface area contributed by atoms with Crippen molar-refractivity contribution in [3.63, 3.8) is 0 Å². The molecule has 0 bridgehead atoms. The van der Waals surface area contributed by atoms with Crippen molar-refractivity contribution in [1.29, 1.82) is 0 Å². The van der Waals surface area contributed by atoms with E-state index < -0.39 is 0 Å². The molecule has 7 aromatic carbocycles. The van der Waals surface area contributed by atoms with Crippen molar-refractivity contribution >= 4 is 70.5 Å². The number of rotatable bonds is 2. The maximum absolute atomic E-state index is 5.58.